The number of anilines is 1. The molecule has 0 atom stereocenters. The first-order chi connectivity index (χ1) is 12.7. The number of sulfonamides is 1. The van der Waals surface area contributed by atoms with Gasteiger partial charge in [0.25, 0.3) is 0 Å². The summed E-state index contributed by atoms with van der Waals surface area (Å²) < 4.78 is 25.5. The van der Waals surface area contributed by atoms with Gasteiger partial charge >= 0.3 is 0 Å². The summed E-state index contributed by atoms with van der Waals surface area (Å²) in [7, 11) is -3.58. The van der Waals surface area contributed by atoms with Crippen LogP contribution in [-0.2, 0) is 14.8 Å². The summed E-state index contributed by atoms with van der Waals surface area (Å²) in [6, 6.07) is 4.94. The molecule has 8 heteroatoms. The lowest BCUT2D eigenvalue weighted by molar-refractivity contribution is -0.119. The van der Waals surface area contributed by atoms with E-state index < -0.39 is 10.0 Å². The quantitative estimate of drug-likeness (QED) is 0.662. The van der Waals surface area contributed by atoms with Crippen molar-refractivity contribution < 1.29 is 13.2 Å². The molecule has 1 aliphatic heterocycles. The Balaban J connectivity index is 1.85. The molecular weight excluding hydrogens is 386 g/mol. The van der Waals surface area contributed by atoms with E-state index in [1.54, 1.807) is 25.1 Å². The number of likely N-dealkylation sites (tertiary alicyclic amines) is 1. The number of piperidine rings is 1. The Hall–Kier alpha value is -1.31. The maximum Gasteiger partial charge on any atom is 0.240 e. The second-order valence-electron chi connectivity index (χ2n) is 7.43. The van der Waals surface area contributed by atoms with E-state index in [2.05, 4.69) is 17.1 Å². The van der Waals surface area contributed by atoms with Gasteiger partial charge in [-0.2, -0.15) is 0 Å². The molecule has 6 nitrogen and oxygen atoms in total. The van der Waals surface area contributed by atoms with Crippen LogP contribution in [0.3, 0.4) is 0 Å². The molecule has 0 spiro atoms. The average molecular weight is 416 g/mol. The zero-order valence-electron chi connectivity index (χ0n) is 16.4. The maximum atomic E-state index is 12.3. The molecule has 2 rings (SSSR count). The highest BCUT2D eigenvalue weighted by molar-refractivity contribution is 7.92. The minimum absolute atomic E-state index is 0.234. The number of benzene rings is 1. The standard InChI is InChI=1S/C19H30ClN3O3S/c1-15-7-11-22(12-8-15)10-4-9-21-19(24)14-23(27(3,25)26)18-6-5-17(20)13-16(18)2/h5-6,13,15H,4,7-12,14H2,1-3H3,(H,21,24). The molecule has 0 aromatic heterocycles. The Morgan fingerprint density at radius 3 is 2.59 bits per heavy atom. The fourth-order valence-corrected chi connectivity index (χ4v) is 4.42. The van der Waals surface area contributed by atoms with Crippen molar-refractivity contribution in [3.8, 4) is 0 Å². The van der Waals surface area contributed by atoms with Gasteiger partial charge in [-0.05, 0) is 75.5 Å². The fraction of sp³-hybridized carbons (Fsp3) is 0.632. The number of amides is 1. The number of carbonyl (C=O) groups is 1. The third-order valence-electron chi connectivity index (χ3n) is 4.96. The first-order valence-electron chi connectivity index (χ1n) is 9.39. The molecule has 27 heavy (non-hydrogen) atoms. The number of aryl methyl sites for hydroxylation is 1. The van der Waals surface area contributed by atoms with Crippen LogP contribution in [0.25, 0.3) is 0 Å². The topological polar surface area (TPSA) is 69.7 Å². The summed E-state index contributed by atoms with van der Waals surface area (Å²) in [6.45, 7) is 7.56. The SMILES string of the molecule is Cc1cc(Cl)ccc1N(CC(=O)NCCCN1CCC(C)CC1)S(C)(=O)=O. The van der Waals surface area contributed by atoms with Gasteiger partial charge in [-0.15, -0.1) is 0 Å². The van der Waals surface area contributed by atoms with Crippen LogP contribution in [0, 0.1) is 12.8 Å². The molecule has 1 N–H and O–H groups in total. The van der Waals surface area contributed by atoms with Crippen LogP contribution in [0.1, 0.15) is 31.7 Å². The monoisotopic (exact) mass is 415 g/mol. The van der Waals surface area contributed by atoms with E-state index in [9.17, 15) is 13.2 Å². The summed E-state index contributed by atoms with van der Waals surface area (Å²) in [4.78, 5) is 14.7. The van der Waals surface area contributed by atoms with Crippen LogP contribution in [0.15, 0.2) is 18.2 Å². The Morgan fingerprint density at radius 2 is 2.00 bits per heavy atom. The second-order valence-corrected chi connectivity index (χ2v) is 9.77. The maximum absolute atomic E-state index is 12.3. The Morgan fingerprint density at radius 1 is 1.33 bits per heavy atom. The smallest absolute Gasteiger partial charge is 0.240 e. The van der Waals surface area contributed by atoms with Gasteiger partial charge in [0.15, 0.2) is 0 Å². The zero-order valence-corrected chi connectivity index (χ0v) is 17.9. The van der Waals surface area contributed by atoms with Crippen LogP contribution in [0.2, 0.25) is 5.02 Å². The first-order valence-corrected chi connectivity index (χ1v) is 11.6. The summed E-state index contributed by atoms with van der Waals surface area (Å²) >= 11 is 5.95. The third-order valence-corrected chi connectivity index (χ3v) is 6.33. The van der Waals surface area contributed by atoms with Crippen LogP contribution >= 0.6 is 11.6 Å². The molecule has 1 aliphatic rings. The summed E-state index contributed by atoms with van der Waals surface area (Å²) in [5, 5.41) is 3.37. The van der Waals surface area contributed by atoms with Gasteiger partial charge in [0.05, 0.1) is 11.9 Å². The normalized spacial score (nSPS) is 16.3. The molecule has 1 amide bonds. The van der Waals surface area contributed by atoms with Crippen LogP contribution < -0.4 is 9.62 Å². The summed E-state index contributed by atoms with van der Waals surface area (Å²) in [5.74, 6) is 0.501. The van der Waals surface area contributed by atoms with E-state index >= 15 is 0 Å². The van der Waals surface area contributed by atoms with Gasteiger partial charge in [0.1, 0.15) is 6.54 Å². The molecule has 1 fully saturated rings. The molecule has 1 saturated heterocycles. The third kappa shape index (κ3) is 6.97. The highest BCUT2D eigenvalue weighted by atomic mass is 35.5. The Labute approximate surface area is 167 Å². The molecule has 0 bridgehead atoms. The van der Waals surface area contributed by atoms with Crippen molar-refractivity contribution in [3.05, 3.63) is 28.8 Å². The van der Waals surface area contributed by atoms with Gasteiger partial charge in [0.2, 0.25) is 15.9 Å². The van der Waals surface area contributed by atoms with Crippen molar-refractivity contribution in [2.24, 2.45) is 5.92 Å². The number of carbonyl (C=O) groups excluding carboxylic acids is 1. The summed E-state index contributed by atoms with van der Waals surface area (Å²) in [6.07, 6.45) is 4.43. The van der Waals surface area contributed by atoms with E-state index in [0.29, 0.717) is 22.8 Å². The van der Waals surface area contributed by atoms with E-state index in [0.717, 1.165) is 42.5 Å². The predicted molar refractivity (Wildman–Crippen MR) is 111 cm³/mol. The van der Waals surface area contributed by atoms with Crippen molar-refractivity contribution in [2.75, 3.05) is 43.3 Å². The molecule has 152 valence electrons. The van der Waals surface area contributed by atoms with Crippen molar-refractivity contribution in [2.45, 2.75) is 33.1 Å². The zero-order chi connectivity index (χ0) is 20.0. The second kappa shape index (κ2) is 9.75. The average Bonchev–Trinajstić information content (AvgIpc) is 2.58. The van der Waals surface area contributed by atoms with Crippen molar-refractivity contribution >= 4 is 33.2 Å². The molecule has 1 heterocycles. The lowest BCUT2D eigenvalue weighted by Gasteiger charge is -2.30. The minimum Gasteiger partial charge on any atom is -0.354 e. The number of halogens is 1. The van der Waals surface area contributed by atoms with Crippen LogP contribution in [0.5, 0.6) is 0 Å². The molecule has 0 aliphatic carbocycles. The van der Waals surface area contributed by atoms with Gasteiger partial charge in [-0.3, -0.25) is 9.10 Å². The van der Waals surface area contributed by atoms with E-state index in [4.69, 9.17) is 11.6 Å². The van der Waals surface area contributed by atoms with Gasteiger partial charge in [-0.25, -0.2) is 8.42 Å². The Kier molecular flexibility index (Phi) is 7.94. The lowest BCUT2D eigenvalue weighted by Crippen LogP contribution is -2.41. The van der Waals surface area contributed by atoms with Crippen LogP contribution in [-0.4, -0.2) is 58.2 Å². The highest BCUT2D eigenvalue weighted by Gasteiger charge is 2.22. The fourth-order valence-electron chi connectivity index (χ4n) is 3.28. The van der Waals surface area contributed by atoms with Gasteiger partial charge in [-0.1, -0.05) is 18.5 Å². The molecular formula is C19H30ClN3O3S. The summed E-state index contributed by atoms with van der Waals surface area (Å²) in [5.41, 5.74) is 1.18. The molecule has 1 aromatic carbocycles. The van der Waals surface area contributed by atoms with Gasteiger partial charge < -0.3 is 10.2 Å². The number of hydrogen-bond acceptors (Lipinski definition) is 4. The molecule has 0 radical (unpaired) electrons. The first kappa shape index (κ1) is 22.0. The molecule has 1 aromatic rings. The van der Waals surface area contributed by atoms with Crippen molar-refractivity contribution in [1.82, 2.24) is 10.2 Å². The number of nitrogens with one attached hydrogen (secondary N) is 1. The largest absolute Gasteiger partial charge is 0.354 e. The predicted octanol–water partition coefficient (Wildman–Crippen LogP) is 2.65. The van der Waals surface area contributed by atoms with E-state index in [1.165, 1.54) is 12.8 Å². The lowest BCUT2D eigenvalue weighted by atomic mass is 9.99. The highest BCUT2D eigenvalue weighted by Crippen LogP contribution is 2.25. The van der Waals surface area contributed by atoms with Crippen molar-refractivity contribution in [1.29, 1.82) is 0 Å². The Bertz CT molecular complexity index is 747. The number of hydrogen-bond donors (Lipinski definition) is 1. The van der Waals surface area contributed by atoms with Gasteiger partial charge in [0, 0.05) is 11.6 Å². The van der Waals surface area contributed by atoms with Crippen molar-refractivity contribution in [3.63, 3.8) is 0 Å². The van der Waals surface area contributed by atoms with E-state index in [-0.39, 0.29) is 12.5 Å². The molecule has 0 saturated carbocycles. The van der Waals surface area contributed by atoms with E-state index in [1.807, 2.05) is 0 Å². The number of nitrogens with zero attached hydrogens (tertiary/aromatic N) is 2. The molecule has 0 unspecified atom stereocenters. The number of rotatable bonds is 8. The minimum atomic E-state index is -3.58. The van der Waals surface area contributed by atoms with Crippen LogP contribution in [0.4, 0.5) is 5.69 Å².